The Hall–Kier alpha value is -0.100. The van der Waals surface area contributed by atoms with Gasteiger partial charge in [-0.25, -0.2) is 4.79 Å². The molecule has 8 heteroatoms. The van der Waals surface area contributed by atoms with Crippen LogP contribution in [-0.2, 0) is 25.9 Å². The van der Waals surface area contributed by atoms with Gasteiger partial charge in [0.1, 0.15) is 6.04 Å². The van der Waals surface area contributed by atoms with E-state index in [-0.39, 0.29) is 11.7 Å². The molecule has 0 radical (unpaired) electrons. The summed E-state index contributed by atoms with van der Waals surface area (Å²) in [5.41, 5.74) is 0. The highest BCUT2D eigenvalue weighted by Gasteiger charge is 2.38. The second kappa shape index (κ2) is 7.48. The highest BCUT2D eigenvalue weighted by Crippen LogP contribution is 2.49. The standard InChI is InChI=1S/C10H20NO4PS2/c1-5-15-16(4,18)11(8(12)6-17)9(7(2)3)10(13)14/h7,9,17H,5-6H2,1-4H3,(H,13,14)/t9-,16?/m0/s1. The molecule has 0 aliphatic rings. The SMILES string of the molecule is CCOP(C)(=S)N(C(=O)CS)[C@H](C(=O)O)C(C)C. The van der Waals surface area contributed by atoms with Crippen LogP contribution < -0.4 is 0 Å². The number of nitrogens with zero attached hydrogens (tertiary/aromatic N) is 1. The van der Waals surface area contributed by atoms with Gasteiger partial charge in [-0.15, -0.1) is 0 Å². The van der Waals surface area contributed by atoms with Gasteiger partial charge in [0.05, 0.1) is 12.4 Å². The van der Waals surface area contributed by atoms with Crippen LogP contribution in [0.2, 0.25) is 0 Å². The van der Waals surface area contributed by atoms with E-state index in [1.165, 1.54) is 4.67 Å². The molecule has 1 unspecified atom stereocenters. The summed E-state index contributed by atoms with van der Waals surface area (Å²) in [5, 5.41) is 9.29. The van der Waals surface area contributed by atoms with Crippen LogP contribution in [0.15, 0.2) is 0 Å². The molecule has 1 N–H and O–H groups in total. The number of carboxylic acids is 1. The van der Waals surface area contributed by atoms with Crippen LogP contribution in [0.25, 0.3) is 0 Å². The van der Waals surface area contributed by atoms with Gasteiger partial charge in [0, 0.05) is 6.66 Å². The Kier molecular flexibility index (Phi) is 7.44. The summed E-state index contributed by atoms with van der Waals surface area (Å²) in [5.74, 6) is -1.82. The Labute approximate surface area is 118 Å². The third kappa shape index (κ3) is 4.53. The average molecular weight is 313 g/mol. The predicted octanol–water partition coefficient (Wildman–Crippen LogP) is 1.83. The molecule has 0 aromatic rings. The molecule has 0 heterocycles. The molecule has 0 saturated heterocycles. The number of rotatable bonds is 7. The van der Waals surface area contributed by atoms with E-state index in [9.17, 15) is 14.7 Å². The topological polar surface area (TPSA) is 66.8 Å². The van der Waals surface area contributed by atoms with Crippen molar-refractivity contribution in [3.8, 4) is 0 Å². The van der Waals surface area contributed by atoms with Crippen molar-refractivity contribution in [2.24, 2.45) is 5.92 Å². The highest BCUT2D eigenvalue weighted by molar-refractivity contribution is 8.11. The van der Waals surface area contributed by atoms with Crippen LogP contribution in [0, 0.1) is 5.92 Å². The molecule has 106 valence electrons. The summed E-state index contributed by atoms with van der Waals surface area (Å²) in [4.78, 5) is 23.3. The maximum atomic E-state index is 12.0. The lowest BCUT2D eigenvalue weighted by Gasteiger charge is -2.37. The zero-order valence-corrected chi connectivity index (χ0v) is 13.6. The fourth-order valence-corrected chi connectivity index (χ4v) is 4.68. The monoisotopic (exact) mass is 313 g/mol. The van der Waals surface area contributed by atoms with Gasteiger partial charge in [-0.2, -0.15) is 12.6 Å². The van der Waals surface area contributed by atoms with Gasteiger partial charge in [-0.1, -0.05) is 13.8 Å². The minimum atomic E-state index is -2.65. The minimum absolute atomic E-state index is 0.0875. The van der Waals surface area contributed by atoms with Crippen LogP contribution in [0.5, 0.6) is 0 Å². The van der Waals surface area contributed by atoms with E-state index >= 15 is 0 Å². The summed E-state index contributed by atoms with van der Waals surface area (Å²) in [6, 6.07) is -0.980. The van der Waals surface area contributed by atoms with Crippen LogP contribution in [-0.4, -0.2) is 46.7 Å². The van der Waals surface area contributed by atoms with Gasteiger partial charge < -0.3 is 9.63 Å². The molecule has 0 aromatic heterocycles. The number of carbonyl (C=O) groups is 2. The molecule has 0 rings (SSSR count). The Morgan fingerprint density at radius 1 is 1.50 bits per heavy atom. The lowest BCUT2D eigenvalue weighted by Crippen LogP contribution is -2.46. The van der Waals surface area contributed by atoms with Crippen molar-refractivity contribution in [3.63, 3.8) is 0 Å². The normalized spacial score (nSPS) is 16.1. The molecule has 0 bridgehead atoms. The lowest BCUT2D eigenvalue weighted by atomic mass is 10.1. The van der Waals surface area contributed by atoms with Crippen LogP contribution in [0.1, 0.15) is 20.8 Å². The largest absolute Gasteiger partial charge is 0.480 e. The smallest absolute Gasteiger partial charge is 0.327 e. The Morgan fingerprint density at radius 2 is 2.00 bits per heavy atom. The first-order valence-electron chi connectivity index (χ1n) is 5.57. The summed E-state index contributed by atoms with van der Waals surface area (Å²) in [6.45, 7) is 7.19. The maximum absolute atomic E-state index is 12.0. The van der Waals surface area contributed by atoms with E-state index < -0.39 is 24.3 Å². The lowest BCUT2D eigenvalue weighted by molar-refractivity contribution is -0.147. The second-order valence-corrected chi connectivity index (χ2v) is 8.79. The van der Waals surface area contributed by atoms with Crippen LogP contribution >= 0.6 is 19.0 Å². The second-order valence-electron chi connectivity index (χ2n) is 4.14. The van der Waals surface area contributed by atoms with Gasteiger partial charge in [0.25, 0.3) is 0 Å². The van der Waals surface area contributed by atoms with Crippen molar-refractivity contribution in [3.05, 3.63) is 0 Å². The van der Waals surface area contributed by atoms with E-state index in [2.05, 4.69) is 12.6 Å². The number of hydrogen-bond donors (Lipinski definition) is 2. The molecule has 0 saturated carbocycles. The molecule has 0 aliphatic heterocycles. The molecular weight excluding hydrogens is 293 g/mol. The van der Waals surface area contributed by atoms with Gasteiger partial charge in [-0.3, -0.25) is 9.46 Å². The Balaban J connectivity index is 5.53. The number of thiol groups is 1. The zero-order chi connectivity index (χ0) is 14.5. The first kappa shape index (κ1) is 17.9. The summed E-state index contributed by atoms with van der Waals surface area (Å²) in [7, 11) is 0. The Bertz CT molecular complexity index is 362. The fraction of sp³-hybridized carbons (Fsp3) is 0.800. The van der Waals surface area contributed by atoms with E-state index in [0.29, 0.717) is 6.61 Å². The van der Waals surface area contributed by atoms with Gasteiger partial charge in [0.2, 0.25) is 5.91 Å². The number of hydrogen-bond acceptors (Lipinski definition) is 5. The zero-order valence-electron chi connectivity index (χ0n) is 11.0. The molecule has 2 atom stereocenters. The first-order valence-corrected chi connectivity index (χ1v) is 9.32. The van der Waals surface area contributed by atoms with Crippen molar-refractivity contribution in [2.75, 3.05) is 19.0 Å². The molecule has 0 spiro atoms. The van der Waals surface area contributed by atoms with Crippen LogP contribution in [0.4, 0.5) is 0 Å². The molecule has 0 aliphatic carbocycles. The number of amides is 1. The maximum Gasteiger partial charge on any atom is 0.327 e. The third-order valence-corrected chi connectivity index (χ3v) is 5.41. The molecule has 0 aromatic carbocycles. The average Bonchev–Trinajstić information content (AvgIpc) is 2.23. The summed E-state index contributed by atoms with van der Waals surface area (Å²) < 4.78 is 6.63. The molecule has 5 nitrogen and oxygen atoms in total. The first-order chi connectivity index (χ1) is 8.18. The number of aliphatic carboxylic acids is 1. The van der Waals surface area contributed by atoms with E-state index in [0.717, 1.165) is 0 Å². The van der Waals surface area contributed by atoms with Crippen molar-refractivity contribution in [2.45, 2.75) is 26.8 Å². The van der Waals surface area contributed by atoms with E-state index in [1.54, 1.807) is 27.4 Å². The van der Waals surface area contributed by atoms with E-state index in [1.807, 2.05) is 0 Å². The fourth-order valence-electron chi connectivity index (χ4n) is 1.63. The third-order valence-electron chi connectivity index (χ3n) is 2.30. The van der Waals surface area contributed by atoms with Crippen molar-refractivity contribution >= 4 is 42.7 Å². The Morgan fingerprint density at radius 3 is 2.28 bits per heavy atom. The van der Waals surface area contributed by atoms with Crippen molar-refractivity contribution in [1.29, 1.82) is 0 Å². The van der Waals surface area contributed by atoms with Crippen molar-refractivity contribution < 1.29 is 19.2 Å². The van der Waals surface area contributed by atoms with Gasteiger partial charge in [-0.05, 0) is 24.6 Å². The minimum Gasteiger partial charge on any atom is -0.480 e. The van der Waals surface area contributed by atoms with Crippen molar-refractivity contribution in [1.82, 2.24) is 4.67 Å². The highest BCUT2D eigenvalue weighted by atomic mass is 32.4. The summed E-state index contributed by atoms with van der Waals surface area (Å²) >= 11 is 9.24. The van der Waals surface area contributed by atoms with E-state index in [4.69, 9.17) is 16.3 Å². The molecule has 18 heavy (non-hydrogen) atoms. The summed E-state index contributed by atoms with van der Waals surface area (Å²) in [6.07, 6.45) is -2.65. The van der Waals surface area contributed by atoms with Crippen LogP contribution in [0.3, 0.4) is 0 Å². The number of carboxylic acid groups (broad SMARTS) is 1. The molecular formula is C10H20NO4PS2. The molecule has 0 fully saturated rings. The predicted molar refractivity (Wildman–Crippen MR) is 78.8 cm³/mol. The number of carbonyl (C=O) groups excluding carboxylic acids is 1. The van der Waals surface area contributed by atoms with Gasteiger partial charge >= 0.3 is 5.97 Å². The van der Waals surface area contributed by atoms with Gasteiger partial charge in [0.15, 0.2) is 6.42 Å². The molecule has 1 amide bonds. The quantitative estimate of drug-likeness (QED) is 0.554.